The van der Waals surface area contributed by atoms with Gasteiger partial charge < -0.3 is 44.6 Å². The second-order valence-electron chi connectivity index (χ2n) is 29.1. The average Bonchev–Trinajstić information content (AvgIpc) is 0.955. The maximum atomic E-state index is 12.9. The lowest BCUT2D eigenvalue weighted by Crippen LogP contribution is -2.45. The van der Waals surface area contributed by atoms with E-state index in [1.807, 2.05) is 6.07 Å². The first-order chi connectivity index (χ1) is 43.4. The van der Waals surface area contributed by atoms with Crippen LogP contribution in [0.2, 0.25) is 0 Å². The summed E-state index contributed by atoms with van der Waals surface area (Å²) in [6.45, 7) is 27.5. The summed E-state index contributed by atoms with van der Waals surface area (Å²) in [7, 11) is 0. The quantitative estimate of drug-likeness (QED) is 0.0354. The van der Waals surface area contributed by atoms with Gasteiger partial charge >= 0.3 is 24.0 Å². The summed E-state index contributed by atoms with van der Waals surface area (Å²) in [5.41, 5.74) is 15.5. The normalized spacial score (nSPS) is 22.7. The molecule has 10 rings (SSSR count). The molecule has 3 heterocycles. The minimum Gasteiger partial charge on any atom is -0.487 e. The highest BCUT2D eigenvalue weighted by atomic mass is 16.6. The van der Waals surface area contributed by atoms with Crippen LogP contribution in [0.5, 0.6) is 34.5 Å². The standard InChI is InChI=1S/C27H38O3.C26H40N2O3.C25H34O5/c1-5-6-7-10-19-16-23(29-26(28)20-11-8-9-12-20)25-21-15-18(2)13-14-22(21)27(3,4)30-24(25)17-19;1-5-6-7-10-19-16-22(30-25(29)28-14-9-8-13-27)24-20-15-18(2)11-12-21(20)26(3,4)31-23(24)17-19;1-5-6-7-8-17-14-20(29-23(28)12-11-22(26)27)24-18-13-16(2)9-10-19(18)25(3,4)30-21(24)15-17/h15-17,20-22H,5-14H2,1-4H3;15-17,20-21H,5-14,27H2,1-4H3,(H,28,29);13-15,18-19H,5-12H2,1-4H3,(H,26,27)/t21-,22-;20-,21-;18-,19-/m111/s1. The number of rotatable bonds is 23. The minimum absolute atomic E-state index is 0.0432. The number of unbranched alkanes of at least 4 members (excludes halogenated alkanes) is 7. The molecule has 1 amide bonds. The maximum Gasteiger partial charge on any atom is 0.412 e. The molecule has 13 nitrogen and oxygen atoms in total. The van der Waals surface area contributed by atoms with Gasteiger partial charge in [-0.05, 0) is 225 Å². The van der Waals surface area contributed by atoms with Crippen molar-refractivity contribution in [2.24, 2.45) is 29.4 Å². The molecule has 91 heavy (non-hydrogen) atoms. The number of carbonyl (C=O) groups excluding carboxylic acids is 3. The topological polar surface area (TPSA) is 182 Å². The van der Waals surface area contributed by atoms with Crippen molar-refractivity contribution >= 4 is 24.0 Å². The maximum absolute atomic E-state index is 12.9. The van der Waals surface area contributed by atoms with Crippen molar-refractivity contribution in [2.45, 2.75) is 285 Å². The first-order valence-corrected chi connectivity index (χ1v) is 35.3. The Kier molecular flexibility index (Phi) is 25.0. The largest absolute Gasteiger partial charge is 0.487 e. The molecule has 3 aliphatic heterocycles. The molecule has 3 aromatic rings. The van der Waals surface area contributed by atoms with E-state index in [0.717, 1.165) is 174 Å². The predicted octanol–water partition coefficient (Wildman–Crippen LogP) is 18.8. The highest BCUT2D eigenvalue weighted by Crippen LogP contribution is 2.57. The van der Waals surface area contributed by atoms with E-state index < -0.39 is 18.0 Å². The predicted molar refractivity (Wildman–Crippen MR) is 363 cm³/mol. The van der Waals surface area contributed by atoms with Crippen LogP contribution < -0.4 is 39.5 Å². The van der Waals surface area contributed by atoms with Crippen LogP contribution in [0.3, 0.4) is 0 Å². The van der Waals surface area contributed by atoms with E-state index in [-0.39, 0.29) is 59.3 Å². The molecule has 0 spiro atoms. The number of carboxylic acid groups (broad SMARTS) is 1. The number of fused-ring (bicyclic) bond motifs is 9. The van der Waals surface area contributed by atoms with E-state index >= 15 is 0 Å². The fourth-order valence-corrected chi connectivity index (χ4v) is 15.4. The van der Waals surface area contributed by atoms with Crippen LogP contribution in [0.25, 0.3) is 0 Å². The molecule has 0 bridgehead atoms. The number of amides is 1. The van der Waals surface area contributed by atoms with Gasteiger partial charge in [-0.2, -0.15) is 0 Å². The summed E-state index contributed by atoms with van der Waals surface area (Å²) in [5, 5.41) is 11.8. The number of nitrogens with two attached hydrogens (primary N) is 1. The third-order valence-corrected chi connectivity index (χ3v) is 20.5. The van der Waals surface area contributed by atoms with Gasteiger partial charge in [-0.1, -0.05) is 107 Å². The van der Waals surface area contributed by atoms with E-state index in [0.29, 0.717) is 42.3 Å². The van der Waals surface area contributed by atoms with E-state index in [9.17, 15) is 19.2 Å². The van der Waals surface area contributed by atoms with Gasteiger partial charge in [0.15, 0.2) is 0 Å². The lowest BCUT2D eigenvalue weighted by molar-refractivity contribution is -0.142. The van der Waals surface area contributed by atoms with Crippen molar-refractivity contribution in [1.82, 2.24) is 5.32 Å². The zero-order valence-corrected chi connectivity index (χ0v) is 57.6. The van der Waals surface area contributed by atoms with Crippen LogP contribution >= 0.6 is 0 Å². The number of carboxylic acids is 1. The van der Waals surface area contributed by atoms with Gasteiger partial charge in [0, 0.05) is 58.7 Å². The Labute approximate surface area is 545 Å². The summed E-state index contributed by atoms with van der Waals surface area (Å²) < 4.78 is 37.4. The van der Waals surface area contributed by atoms with Crippen LogP contribution in [0.1, 0.15) is 282 Å². The van der Waals surface area contributed by atoms with Crippen molar-refractivity contribution in [1.29, 1.82) is 0 Å². The van der Waals surface area contributed by atoms with Crippen molar-refractivity contribution < 1.29 is 52.7 Å². The SMILES string of the molecule is CCCCCc1cc(OC(=O)C2CCCC2)c2c(c1)OC(C)(C)[C@@H]1CCC(C)=C[C@@H]21.CCCCCc1cc(OC(=O)CCC(=O)O)c2c(c1)OC(C)(C)[C@@H]1CCC(C)=C[C@@H]21.CCCCCc1cc(OC(=O)NCCCCN)c2c(c1)OC(C)(C)[C@@H]1CCC(C)=C[C@@H]21. The molecule has 6 atom stereocenters. The monoisotopic (exact) mass is 1250 g/mol. The molecular weight excluding hydrogens is 1140 g/mol. The molecule has 4 aliphatic carbocycles. The van der Waals surface area contributed by atoms with Crippen LogP contribution in [0.15, 0.2) is 71.3 Å². The summed E-state index contributed by atoms with van der Waals surface area (Å²) in [5.74, 6) is 4.70. The highest BCUT2D eigenvalue weighted by Gasteiger charge is 2.49. The third kappa shape index (κ3) is 18.4. The second-order valence-corrected chi connectivity index (χ2v) is 29.1. The number of carbonyl (C=O) groups is 4. The van der Waals surface area contributed by atoms with Crippen LogP contribution in [-0.2, 0) is 33.6 Å². The molecule has 3 aromatic carbocycles. The molecule has 4 N–H and O–H groups in total. The van der Waals surface area contributed by atoms with Crippen LogP contribution in [-0.4, -0.2) is 59.0 Å². The smallest absolute Gasteiger partial charge is 0.412 e. The molecule has 13 heteroatoms. The lowest BCUT2D eigenvalue weighted by atomic mass is 9.68. The molecule has 0 saturated heterocycles. The van der Waals surface area contributed by atoms with Crippen molar-refractivity contribution in [2.75, 3.05) is 13.1 Å². The number of allylic oxidation sites excluding steroid dienone is 6. The van der Waals surface area contributed by atoms with Crippen molar-refractivity contribution in [3.8, 4) is 34.5 Å². The van der Waals surface area contributed by atoms with Gasteiger partial charge in [-0.25, -0.2) is 4.79 Å². The summed E-state index contributed by atoms with van der Waals surface area (Å²) in [6.07, 6.45) is 32.0. The number of benzene rings is 3. The Morgan fingerprint density at radius 2 is 0.901 bits per heavy atom. The first kappa shape index (κ1) is 70.8. The Balaban J connectivity index is 0.000000176. The van der Waals surface area contributed by atoms with Crippen LogP contribution in [0.4, 0.5) is 4.79 Å². The summed E-state index contributed by atoms with van der Waals surface area (Å²) in [6, 6.07) is 12.7. The van der Waals surface area contributed by atoms with Gasteiger partial charge in [0.1, 0.15) is 51.3 Å². The number of nitrogens with one attached hydrogen (secondary N) is 1. The Morgan fingerprint density at radius 3 is 1.27 bits per heavy atom. The number of hydrogen-bond donors (Lipinski definition) is 3. The highest BCUT2D eigenvalue weighted by molar-refractivity contribution is 5.79. The number of hydrogen-bond acceptors (Lipinski definition) is 11. The van der Waals surface area contributed by atoms with Gasteiger partial charge in [0.05, 0.1) is 18.8 Å². The first-order valence-electron chi connectivity index (χ1n) is 35.3. The molecule has 0 radical (unpaired) electrons. The Morgan fingerprint density at radius 1 is 0.516 bits per heavy atom. The van der Waals surface area contributed by atoms with E-state index in [1.54, 1.807) is 0 Å². The van der Waals surface area contributed by atoms with E-state index in [2.05, 4.69) is 137 Å². The number of esters is 2. The fraction of sp³-hybridized carbons (Fsp3) is 0.641. The molecule has 1 fully saturated rings. The summed E-state index contributed by atoms with van der Waals surface area (Å²) >= 11 is 0. The number of aryl methyl sites for hydroxylation is 3. The van der Waals surface area contributed by atoms with Gasteiger partial charge in [0.2, 0.25) is 0 Å². The molecule has 500 valence electrons. The van der Waals surface area contributed by atoms with E-state index in [4.69, 9.17) is 39.3 Å². The molecule has 7 aliphatic rings. The molecule has 0 unspecified atom stereocenters. The van der Waals surface area contributed by atoms with Crippen molar-refractivity contribution in [3.05, 3.63) is 105 Å². The molecule has 1 saturated carbocycles. The number of aliphatic carboxylic acids is 1. The second kappa shape index (κ2) is 32.2. The average molecular weight is 1250 g/mol. The third-order valence-electron chi connectivity index (χ3n) is 20.5. The molecule has 0 aromatic heterocycles. The van der Waals surface area contributed by atoms with E-state index in [1.165, 1.54) is 53.5 Å². The number of ether oxygens (including phenoxy) is 6. The summed E-state index contributed by atoms with van der Waals surface area (Å²) in [4.78, 5) is 48.7. The zero-order chi connectivity index (χ0) is 65.6. The lowest BCUT2D eigenvalue weighted by Gasteiger charge is -2.46. The fourth-order valence-electron chi connectivity index (χ4n) is 15.4. The minimum atomic E-state index is -1.00. The molecular formula is C78H112N2O11. The van der Waals surface area contributed by atoms with Crippen LogP contribution in [0, 0.1) is 23.7 Å². The Hall–Kier alpha value is -6.08. The zero-order valence-electron chi connectivity index (χ0n) is 57.6. The van der Waals surface area contributed by atoms with Gasteiger partial charge in [0.25, 0.3) is 0 Å². The van der Waals surface area contributed by atoms with Gasteiger partial charge in [-0.3, -0.25) is 14.4 Å². The Bertz CT molecular complexity index is 3100. The van der Waals surface area contributed by atoms with Crippen molar-refractivity contribution in [3.63, 3.8) is 0 Å². The van der Waals surface area contributed by atoms with Gasteiger partial charge in [-0.15, -0.1) is 0 Å².